The van der Waals surface area contributed by atoms with Crippen molar-refractivity contribution in [3.63, 3.8) is 0 Å². The summed E-state index contributed by atoms with van der Waals surface area (Å²) in [7, 11) is 1.65. The molecule has 4 heteroatoms. The van der Waals surface area contributed by atoms with Crippen molar-refractivity contribution in [3.05, 3.63) is 11.8 Å². The minimum atomic E-state index is -0.0350. The van der Waals surface area contributed by atoms with Crippen LogP contribution in [-0.2, 0) is 14.2 Å². The first-order valence-corrected chi connectivity index (χ1v) is 4.97. The minimum absolute atomic E-state index is 0.0350. The van der Waals surface area contributed by atoms with E-state index in [1.807, 2.05) is 0 Å². The van der Waals surface area contributed by atoms with E-state index in [2.05, 4.69) is 0 Å². The molecule has 0 saturated heterocycles. The Morgan fingerprint density at radius 2 is 2.43 bits per heavy atom. The second-order valence-corrected chi connectivity index (χ2v) is 3.34. The van der Waals surface area contributed by atoms with Gasteiger partial charge in [-0.05, 0) is 18.4 Å². The van der Waals surface area contributed by atoms with E-state index in [1.165, 1.54) is 0 Å². The van der Waals surface area contributed by atoms with E-state index in [1.54, 1.807) is 13.4 Å². The molecule has 0 saturated carbocycles. The third-order valence-corrected chi connectivity index (χ3v) is 2.17. The van der Waals surface area contributed by atoms with Crippen LogP contribution in [0.1, 0.15) is 12.8 Å². The molecule has 0 aromatic heterocycles. The summed E-state index contributed by atoms with van der Waals surface area (Å²) >= 11 is 0. The molecule has 0 aliphatic carbocycles. The second kappa shape index (κ2) is 6.81. The van der Waals surface area contributed by atoms with Crippen molar-refractivity contribution in [2.75, 3.05) is 33.5 Å². The van der Waals surface area contributed by atoms with E-state index in [-0.39, 0.29) is 6.04 Å². The fourth-order valence-electron chi connectivity index (χ4n) is 1.32. The van der Waals surface area contributed by atoms with Crippen LogP contribution in [0, 0.1) is 0 Å². The maximum atomic E-state index is 5.92. The van der Waals surface area contributed by atoms with E-state index in [0.29, 0.717) is 19.8 Å². The molecule has 0 radical (unpaired) electrons. The molecule has 1 unspecified atom stereocenters. The van der Waals surface area contributed by atoms with Crippen LogP contribution in [0.15, 0.2) is 11.8 Å². The van der Waals surface area contributed by atoms with Gasteiger partial charge < -0.3 is 19.9 Å². The molecule has 4 nitrogen and oxygen atoms in total. The van der Waals surface area contributed by atoms with Crippen LogP contribution in [-0.4, -0.2) is 39.6 Å². The molecular formula is C10H19NO3. The van der Waals surface area contributed by atoms with Gasteiger partial charge in [-0.2, -0.15) is 0 Å². The van der Waals surface area contributed by atoms with Crippen LogP contribution >= 0.6 is 0 Å². The van der Waals surface area contributed by atoms with Gasteiger partial charge in [0.1, 0.15) is 0 Å². The molecule has 14 heavy (non-hydrogen) atoms. The van der Waals surface area contributed by atoms with Gasteiger partial charge in [0.25, 0.3) is 0 Å². The van der Waals surface area contributed by atoms with E-state index in [9.17, 15) is 0 Å². The Kier molecular flexibility index (Phi) is 5.59. The minimum Gasteiger partial charge on any atom is -0.501 e. The van der Waals surface area contributed by atoms with Crippen molar-refractivity contribution in [1.29, 1.82) is 0 Å². The Hall–Kier alpha value is -0.580. The summed E-state index contributed by atoms with van der Waals surface area (Å²) in [5.74, 6) is 0. The fraction of sp³-hybridized carbons (Fsp3) is 0.800. The summed E-state index contributed by atoms with van der Waals surface area (Å²) in [5.41, 5.74) is 7.06. The highest BCUT2D eigenvalue weighted by atomic mass is 16.5. The highest BCUT2D eigenvalue weighted by Gasteiger charge is 2.12. The molecule has 0 aromatic carbocycles. The van der Waals surface area contributed by atoms with Crippen LogP contribution in [0.3, 0.4) is 0 Å². The Bertz CT molecular complexity index is 182. The lowest BCUT2D eigenvalue weighted by Crippen LogP contribution is -2.30. The predicted molar refractivity (Wildman–Crippen MR) is 53.9 cm³/mol. The second-order valence-electron chi connectivity index (χ2n) is 3.34. The summed E-state index contributed by atoms with van der Waals surface area (Å²) in [6, 6.07) is -0.0350. The molecular weight excluding hydrogens is 182 g/mol. The molecule has 0 aromatic rings. The van der Waals surface area contributed by atoms with Gasteiger partial charge in [0.15, 0.2) is 0 Å². The zero-order valence-electron chi connectivity index (χ0n) is 8.70. The Labute approximate surface area is 85.0 Å². The summed E-state index contributed by atoms with van der Waals surface area (Å²) in [4.78, 5) is 0. The lowest BCUT2D eigenvalue weighted by molar-refractivity contribution is 0.0658. The first-order chi connectivity index (χ1) is 6.84. The van der Waals surface area contributed by atoms with E-state index >= 15 is 0 Å². The van der Waals surface area contributed by atoms with Crippen LogP contribution in [0.4, 0.5) is 0 Å². The summed E-state index contributed by atoms with van der Waals surface area (Å²) in [6.45, 7) is 2.56. The highest BCUT2D eigenvalue weighted by Crippen LogP contribution is 2.14. The summed E-state index contributed by atoms with van der Waals surface area (Å²) in [5, 5.41) is 0. The van der Waals surface area contributed by atoms with Crippen LogP contribution in [0.5, 0.6) is 0 Å². The number of rotatable bonds is 6. The molecule has 2 N–H and O–H groups in total. The number of hydrogen-bond acceptors (Lipinski definition) is 4. The molecule has 82 valence electrons. The number of nitrogens with two attached hydrogens (primary N) is 1. The molecule has 1 heterocycles. The topological polar surface area (TPSA) is 53.7 Å². The molecule has 0 fully saturated rings. The number of methoxy groups -OCH3 is 1. The van der Waals surface area contributed by atoms with Crippen molar-refractivity contribution in [3.8, 4) is 0 Å². The molecule has 1 rings (SSSR count). The van der Waals surface area contributed by atoms with Crippen LogP contribution < -0.4 is 5.73 Å². The van der Waals surface area contributed by atoms with Crippen molar-refractivity contribution < 1.29 is 14.2 Å². The zero-order valence-corrected chi connectivity index (χ0v) is 8.70. The van der Waals surface area contributed by atoms with Gasteiger partial charge in [0.05, 0.1) is 38.7 Å². The molecule has 0 bridgehead atoms. The maximum Gasteiger partial charge on any atom is 0.0876 e. The molecule has 0 amide bonds. The van der Waals surface area contributed by atoms with E-state index in [0.717, 1.165) is 25.0 Å². The lowest BCUT2D eigenvalue weighted by atomic mass is 10.0. The molecule has 1 aliphatic heterocycles. The zero-order chi connectivity index (χ0) is 10.2. The standard InChI is InChI=1S/C10H19NO3/c1-12-5-6-14-8-10(11)9-3-2-4-13-7-9/h7,10H,2-6,8,11H2,1H3. The average Bonchev–Trinajstić information content (AvgIpc) is 2.25. The Morgan fingerprint density at radius 3 is 3.07 bits per heavy atom. The van der Waals surface area contributed by atoms with Gasteiger partial charge in [-0.1, -0.05) is 0 Å². The predicted octanol–water partition coefficient (Wildman–Crippen LogP) is 0.671. The van der Waals surface area contributed by atoms with Gasteiger partial charge in [-0.3, -0.25) is 0 Å². The van der Waals surface area contributed by atoms with Crippen molar-refractivity contribution in [2.24, 2.45) is 5.73 Å². The van der Waals surface area contributed by atoms with Gasteiger partial charge in [-0.25, -0.2) is 0 Å². The monoisotopic (exact) mass is 201 g/mol. The van der Waals surface area contributed by atoms with E-state index < -0.39 is 0 Å². The smallest absolute Gasteiger partial charge is 0.0876 e. The SMILES string of the molecule is COCCOCC(N)C1=COCCC1. The molecule has 1 atom stereocenters. The first-order valence-electron chi connectivity index (χ1n) is 4.97. The summed E-state index contributed by atoms with van der Waals surface area (Å²) < 4.78 is 15.4. The normalized spacial score (nSPS) is 18.6. The van der Waals surface area contributed by atoms with Crippen LogP contribution in [0.25, 0.3) is 0 Å². The Balaban J connectivity index is 2.13. The highest BCUT2D eigenvalue weighted by molar-refractivity contribution is 5.08. The molecule has 1 aliphatic rings. The third kappa shape index (κ3) is 4.09. The molecule has 0 spiro atoms. The average molecular weight is 201 g/mol. The largest absolute Gasteiger partial charge is 0.501 e. The maximum absolute atomic E-state index is 5.92. The lowest BCUT2D eigenvalue weighted by Gasteiger charge is -2.19. The quantitative estimate of drug-likeness (QED) is 0.642. The number of ether oxygens (including phenoxy) is 3. The van der Waals surface area contributed by atoms with Gasteiger partial charge in [0, 0.05) is 7.11 Å². The van der Waals surface area contributed by atoms with Gasteiger partial charge in [0.2, 0.25) is 0 Å². The van der Waals surface area contributed by atoms with Crippen LogP contribution in [0.2, 0.25) is 0 Å². The van der Waals surface area contributed by atoms with E-state index in [4.69, 9.17) is 19.9 Å². The van der Waals surface area contributed by atoms with Crippen molar-refractivity contribution in [2.45, 2.75) is 18.9 Å². The van der Waals surface area contributed by atoms with Gasteiger partial charge >= 0.3 is 0 Å². The third-order valence-electron chi connectivity index (χ3n) is 2.17. The van der Waals surface area contributed by atoms with Gasteiger partial charge in [-0.15, -0.1) is 0 Å². The fourth-order valence-corrected chi connectivity index (χ4v) is 1.32. The Morgan fingerprint density at radius 1 is 1.57 bits per heavy atom. The first kappa shape index (κ1) is 11.5. The van der Waals surface area contributed by atoms with Crippen molar-refractivity contribution >= 4 is 0 Å². The summed E-state index contributed by atoms with van der Waals surface area (Å²) in [6.07, 6.45) is 3.85. The van der Waals surface area contributed by atoms with Crippen molar-refractivity contribution in [1.82, 2.24) is 0 Å². The number of hydrogen-bond donors (Lipinski definition) is 1.